The predicted octanol–water partition coefficient (Wildman–Crippen LogP) is 6.98. The minimum Gasteiger partial charge on any atom is -0.422 e. The molecule has 1 heterocycles. The quantitative estimate of drug-likeness (QED) is 0.207. The molecule has 1 aliphatic rings. The van der Waals surface area contributed by atoms with Crippen LogP contribution in [0.25, 0.3) is 22.3 Å². The number of rotatable bonds is 6. The van der Waals surface area contributed by atoms with Crippen molar-refractivity contribution < 1.29 is 21.3 Å². The van der Waals surface area contributed by atoms with E-state index in [2.05, 4.69) is 0 Å². The fourth-order valence-corrected chi connectivity index (χ4v) is 7.83. The first kappa shape index (κ1) is 28.8. The molecule has 0 spiro atoms. The van der Waals surface area contributed by atoms with Crippen LogP contribution in [0, 0.1) is 13.8 Å². The molecule has 1 aliphatic carbocycles. The molecule has 43 heavy (non-hydrogen) atoms. The fourth-order valence-electron chi connectivity index (χ4n) is 5.54. The molecular formula is C34H32N2O5S2. The van der Waals surface area contributed by atoms with E-state index < -0.39 is 20.0 Å². The van der Waals surface area contributed by atoms with E-state index in [4.69, 9.17) is 4.42 Å². The first-order chi connectivity index (χ1) is 20.5. The number of furan rings is 1. The number of hydrogen-bond donors (Lipinski definition) is 0. The third-order valence-electron chi connectivity index (χ3n) is 8.04. The van der Waals surface area contributed by atoms with Gasteiger partial charge < -0.3 is 4.42 Å². The van der Waals surface area contributed by atoms with Gasteiger partial charge in [-0.2, -0.15) is 0 Å². The molecule has 0 radical (unpaired) electrons. The summed E-state index contributed by atoms with van der Waals surface area (Å²) in [6.07, 6.45) is 1.44. The number of aryl methyl sites for hydroxylation is 4. The Morgan fingerprint density at radius 3 is 1.26 bits per heavy atom. The number of hydrogen-bond acceptors (Lipinski definition) is 5. The molecule has 0 N–H and O–H groups in total. The van der Waals surface area contributed by atoms with Crippen molar-refractivity contribution in [3.63, 3.8) is 0 Å². The van der Waals surface area contributed by atoms with Crippen LogP contribution in [-0.4, -0.2) is 30.9 Å². The molecule has 9 heteroatoms. The topological polar surface area (TPSA) is 87.9 Å². The minimum absolute atomic E-state index is 0.0423. The van der Waals surface area contributed by atoms with E-state index in [-0.39, 0.29) is 21.6 Å². The second-order valence-corrected chi connectivity index (χ2v) is 14.8. The highest BCUT2D eigenvalue weighted by Gasteiger charge is 2.37. The number of benzene rings is 4. The number of fused-ring (bicyclic) bond motifs is 5. The van der Waals surface area contributed by atoms with Crippen LogP contribution in [0.3, 0.4) is 0 Å². The number of sulfonamides is 2. The van der Waals surface area contributed by atoms with Gasteiger partial charge in [-0.25, -0.2) is 25.4 Å². The second kappa shape index (κ2) is 10.7. The Balaban J connectivity index is 1.67. The maximum Gasteiger partial charge on any atom is 0.266 e. The standard InChI is InChI=1S/C34H32N2O5S2/c1-23-13-19-27(20-14-23)42(37,38)35(3)33-31-29-11-7-5-9-25(29)17-18-26-10-6-8-12-30(26)32(31)34(41-33)36(4)43(39,40)28-21-15-24(2)16-22-28/h5-16,19-22H,17-18H2,1-4H3. The molecule has 0 atom stereocenters. The lowest BCUT2D eigenvalue weighted by molar-refractivity contribution is 0.555. The van der Waals surface area contributed by atoms with E-state index in [9.17, 15) is 16.8 Å². The molecule has 6 rings (SSSR count). The summed E-state index contributed by atoms with van der Waals surface area (Å²) in [5.74, 6) is 0.0846. The van der Waals surface area contributed by atoms with Gasteiger partial charge in [0.05, 0.1) is 20.9 Å². The van der Waals surface area contributed by atoms with Crippen LogP contribution in [0.5, 0.6) is 0 Å². The van der Waals surface area contributed by atoms with Crippen LogP contribution in [0.2, 0.25) is 0 Å². The first-order valence-electron chi connectivity index (χ1n) is 13.9. The van der Waals surface area contributed by atoms with Crippen molar-refractivity contribution in [2.75, 3.05) is 22.7 Å². The van der Waals surface area contributed by atoms with Crippen molar-refractivity contribution in [3.8, 4) is 22.3 Å². The highest BCUT2D eigenvalue weighted by molar-refractivity contribution is 7.93. The first-order valence-corrected chi connectivity index (χ1v) is 16.8. The zero-order chi connectivity index (χ0) is 30.5. The average molecular weight is 613 g/mol. The summed E-state index contributed by atoms with van der Waals surface area (Å²) in [6, 6.07) is 28.8. The molecule has 0 amide bonds. The van der Waals surface area contributed by atoms with E-state index in [0.29, 0.717) is 11.1 Å². The Bertz CT molecular complexity index is 1900. The summed E-state index contributed by atoms with van der Waals surface area (Å²) in [4.78, 5) is 0.208. The minimum atomic E-state index is -4.08. The lowest BCUT2D eigenvalue weighted by Gasteiger charge is -2.22. The lowest BCUT2D eigenvalue weighted by Crippen LogP contribution is -2.27. The number of nitrogens with zero attached hydrogens (tertiary/aromatic N) is 2. The van der Waals surface area contributed by atoms with Gasteiger partial charge in [0.1, 0.15) is 0 Å². The van der Waals surface area contributed by atoms with Gasteiger partial charge in [-0.15, -0.1) is 0 Å². The van der Waals surface area contributed by atoms with Gasteiger partial charge in [0.2, 0.25) is 11.8 Å². The Labute approximate surface area is 253 Å². The molecule has 5 aromatic rings. The van der Waals surface area contributed by atoms with Crippen molar-refractivity contribution >= 4 is 31.8 Å². The van der Waals surface area contributed by atoms with Gasteiger partial charge >= 0.3 is 0 Å². The smallest absolute Gasteiger partial charge is 0.266 e. The summed E-state index contributed by atoms with van der Waals surface area (Å²) >= 11 is 0. The second-order valence-electron chi connectivity index (χ2n) is 10.8. The van der Waals surface area contributed by atoms with Gasteiger partial charge in [0.15, 0.2) is 0 Å². The predicted molar refractivity (Wildman–Crippen MR) is 171 cm³/mol. The average Bonchev–Trinajstić information content (AvgIpc) is 3.38. The third kappa shape index (κ3) is 4.92. The number of anilines is 2. The maximum atomic E-state index is 14.0. The van der Waals surface area contributed by atoms with E-state index in [1.807, 2.05) is 62.4 Å². The van der Waals surface area contributed by atoms with Gasteiger partial charge in [-0.1, -0.05) is 83.9 Å². The normalized spacial score (nSPS) is 12.8. The Hall–Kier alpha value is -4.34. The van der Waals surface area contributed by atoms with Crippen molar-refractivity contribution in [3.05, 3.63) is 119 Å². The molecule has 0 fully saturated rings. The highest BCUT2D eigenvalue weighted by Crippen LogP contribution is 2.52. The van der Waals surface area contributed by atoms with Crippen molar-refractivity contribution in [2.45, 2.75) is 36.5 Å². The van der Waals surface area contributed by atoms with E-state index in [1.54, 1.807) is 48.5 Å². The van der Waals surface area contributed by atoms with Crippen LogP contribution in [0.1, 0.15) is 22.3 Å². The lowest BCUT2D eigenvalue weighted by atomic mass is 9.85. The molecule has 220 valence electrons. The van der Waals surface area contributed by atoms with Gasteiger partial charge in [0, 0.05) is 14.1 Å². The molecule has 0 saturated carbocycles. The summed E-state index contributed by atoms with van der Waals surface area (Å²) < 4.78 is 64.7. The van der Waals surface area contributed by atoms with Gasteiger partial charge in [-0.3, -0.25) is 0 Å². The highest BCUT2D eigenvalue weighted by atomic mass is 32.2. The maximum absolute atomic E-state index is 14.0. The van der Waals surface area contributed by atoms with Crippen molar-refractivity contribution in [1.82, 2.24) is 0 Å². The van der Waals surface area contributed by atoms with Gasteiger partial charge in [-0.05, 0) is 73.2 Å². The zero-order valence-corrected chi connectivity index (χ0v) is 26.0. The molecule has 0 unspecified atom stereocenters. The molecular weight excluding hydrogens is 581 g/mol. The summed E-state index contributed by atoms with van der Waals surface area (Å²) in [7, 11) is -5.26. The zero-order valence-electron chi connectivity index (χ0n) is 24.4. The summed E-state index contributed by atoms with van der Waals surface area (Å²) in [5.41, 5.74) is 6.53. The third-order valence-corrected chi connectivity index (χ3v) is 11.5. The Morgan fingerprint density at radius 1 is 0.535 bits per heavy atom. The van der Waals surface area contributed by atoms with Crippen LogP contribution in [0.4, 0.5) is 11.8 Å². The van der Waals surface area contributed by atoms with Crippen LogP contribution < -0.4 is 8.61 Å². The summed E-state index contributed by atoms with van der Waals surface area (Å²) in [5, 5.41) is 0. The SMILES string of the molecule is Cc1ccc(S(=O)(=O)N(C)c2oc(N(C)S(=O)(=O)c3ccc(C)cc3)c3c2-c2ccccc2CCc2ccccc2-3)cc1. The van der Waals surface area contributed by atoms with Crippen molar-refractivity contribution in [1.29, 1.82) is 0 Å². The monoisotopic (exact) mass is 612 g/mol. The van der Waals surface area contributed by atoms with Crippen LogP contribution in [0.15, 0.2) is 111 Å². The molecule has 0 bridgehead atoms. The van der Waals surface area contributed by atoms with Crippen LogP contribution >= 0.6 is 0 Å². The molecule has 1 aromatic heterocycles. The molecule has 0 saturated heterocycles. The van der Waals surface area contributed by atoms with Gasteiger partial charge in [0.25, 0.3) is 20.0 Å². The van der Waals surface area contributed by atoms with E-state index in [1.165, 1.54) is 14.1 Å². The fraction of sp³-hybridized carbons (Fsp3) is 0.176. The summed E-state index contributed by atoms with van der Waals surface area (Å²) in [6.45, 7) is 3.78. The van der Waals surface area contributed by atoms with Crippen molar-refractivity contribution in [2.24, 2.45) is 0 Å². The van der Waals surface area contributed by atoms with E-state index >= 15 is 0 Å². The Morgan fingerprint density at radius 2 is 0.884 bits per heavy atom. The van der Waals surface area contributed by atoms with E-state index in [0.717, 1.165) is 54.8 Å². The molecule has 7 nitrogen and oxygen atoms in total. The Kier molecular flexibility index (Phi) is 7.18. The molecule has 0 aliphatic heterocycles. The molecule has 4 aromatic carbocycles. The largest absolute Gasteiger partial charge is 0.422 e. The van der Waals surface area contributed by atoms with Crippen LogP contribution in [-0.2, 0) is 32.9 Å².